The lowest BCUT2D eigenvalue weighted by atomic mass is 10.2. The van der Waals surface area contributed by atoms with E-state index in [1.807, 2.05) is 4.68 Å². The molecule has 1 unspecified atom stereocenters. The first kappa shape index (κ1) is 16.4. The van der Waals surface area contributed by atoms with Gasteiger partial charge in [0.25, 0.3) is 0 Å². The highest BCUT2D eigenvalue weighted by Crippen LogP contribution is 2.25. The first-order valence-electron chi connectivity index (χ1n) is 8.44. The van der Waals surface area contributed by atoms with E-state index in [1.54, 1.807) is 11.3 Å². The third-order valence-corrected chi connectivity index (χ3v) is 5.81. The number of hydrogen-bond acceptors (Lipinski definition) is 6. The normalized spacial score (nSPS) is 22.2. The quantitative estimate of drug-likeness (QED) is 0.761. The minimum absolute atomic E-state index is 0.247. The summed E-state index contributed by atoms with van der Waals surface area (Å²) >= 11 is 7.44. The third kappa shape index (κ3) is 3.48. The van der Waals surface area contributed by atoms with Gasteiger partial charge in [0.2, 0.25) is 0 Å². The van der Waals surface area contributed by atoms with E-state index in [-0.39, 0.29) is 6.10 Å². The number of aromatic nitrogens is 3. The van der Waals surface area contributed by atoms with Crippen LogP contribution in [0.25, 0.3) is 10.7 Å². The molecule has 24 heavy (non-hydrogen) atoms. The van der Waals surface area contributed by atoms with Crippen LogP contribution in [0.15, 0.2) is 17.5 Å². The minimum atomic E-state index is 0.247. The van der Waals surface area contributed by atoms with Gasteiger partial charge in [-0.2, -0.15) is 0 Å². The Morgan fingerprint density at radius 2 is 2.17 bits per heavy atom. The summed E-state index contributed by atoms with van der Waals surface area (Å²) in [5, 5.41) is 6.92. The molecule has 1 atom stereocenters. The lowest BCUT2D eigenvalue weighted by molar-refractivity contribution is 0.0209. The van der Waals surface area contributed by atoms with Gasteiger partial charge in [0.15, 0.2) is 10.6 Å². The molecule has 2 aromatic rings. The van der Waals surface area contributed by atoms with E-state index in [1.165, 1.54) is 0 Å². The fourth-order valence-corrected chi connectivity index (χ4v) is 4.19. The number of nitrogens with zero attached hydrogens (tertiary/aromatic N) is 4. The second-order valence-corrected chi connectivity index (χ2v) is 7.51. The Balaban J connectivity index is 1.63. The van der Waals surface area contributed by atoms with Crippen LogP contribution in [0, 0.1) is 4.77 Å². The summed E-state index contributed by atoms with van der Waals surface area (Å²) in [6.45, 7) is 5.77. The molecular weight excluding hydrogens is 344 g/mol. The Morgan fingerprint density at radius 1 is 1.29 bits per heavy atom. The summed E-state index contributed by atoms with van der Waals surface area (Å²) in [4.78, 5) is 3.49. The van der Waals surface area contributed by atoms with Crippen LogP contribution in [0.4, 0.5) is 0 Å². The molecule has 2 saturated heterocycles. The Bertz CT molecular complexity index is 713. The van der Waals surface area contributed by atoms with Gasteiger partial charge in [-0.1, -0.05) is 6.07 Å². The molecule has 4 rings (SSSR count). The average molecular weight is 367 g/mol. The number of hydrogen-bond donors (Lipinski definition) is 0. The summed E-state index contributed by atoms with van der Waals surface area (Å²) in [6.07, 6.45) is 2.48. The third-order valence-electron chi connectivity index (χ3n) is 4.51. The minimum Gasteiger partial charge on any atom is -0.379 e. The first-order chi connectivity index (χ1) is 11.8. The molecule has 8 heteroatoms. The van der Waals surface area contributed by atoms with Gasteiger partial charge in [-0.3, -0.25) is 9.47 Å². The summed E-state index contributed by atoms with van der Waals surface area (Å²) < 4.78 is 16.1. The monoisotopic (exact) mass is 366 g/mol. The molecule has 2 aromatic heterocycles. The molecule has 0 aliphatic carbocycles. The Labute approximate surface area is 150 Å². The average Bonchev–Trinajstić information content (AvgIpc) is 3.34. The molecule has 0 aromatic carbocycles. The van der Waals surface area contributed by atoms with Crippen molar-refractivity contribution in [2.75, 3.05) is 32.9 Å². The molecule has 4 heterocycles. The van der Waals surface area contributed by atoms with Crippen LogP contribution in [-0.4, -0.2) is 58.3 Å². The van der Waals surface area contributed by atoms with E-state index in [9.17, 15) is 0 Å². The summed E-state index contributed by atoms with van der Waals surface area (Å²) in [5.74, 6) is 0.957. The molecule has 0 spiro atoms. The molecule has 6 nitrogen and oxygen atoms in total. The summed E-state index contributed by atoms with van der Waals surface area (Å²) in [5.41, 5.74) is 0. The van der Waals surface area contributed by atoms with Crippen LogP contribution in [0.2, 0.25) is 0 Å². The predicted octanol–water partition coefficient (Wildman–Crippen LogP) is 2.61. The molecule has 2 fully saturated rings. The highest BCUT2D eigenvalue weighted by atomic mass is 32.1. The van der Waals surface area contributed by atoms with Gasteiger partial charge in [0, 0.05) is 19.7 Å². The molecule has 130 valence electrons. The molecule has 2 aliphatic heterocycles. The number of rotatable bonds is 5. The van der Waals surface area contributed by atoms with Gasteiger partial charge in [0.05, 0.1) is 37.4 Å². The van der Waals surface area contributed by atoms with Gasteiger partial charge in [-0.05, 0) is 36.5 Å². The lowest BCUT2D eigenvalue weighted by Gasteiger charge is -2.26. The highest BCUT2D eigenvalue weighted by Gasteiger charge is 2.22. The predicted molar refractivity (Wildman–Crippen MR) is 95.7 cm³/mol. The van der Waals surface area contributed by atoms with Crippen molar-refractivity contribution in [1.82, 2.24) is 19.2 Å². The van der Waals surface area contributed by atoms with Crippen molar-refractivity contribution in [3.8, 4) is 10.7 Å². The van der Waals surface area contributed by atoms with Gasteiger partial charge in [-0.15, -0.1) is 16.4 Å². The van der Waals surface area contributed by atoms with E-state index in [0.29, 0.717) is 0 Å². The van der Waals surface area contributed by atoms with Gasteiger partial charge in [-0.25, -0.2) is 4.68 Å². The Kier molecular flexibility index (Phi) is 5.09. The maximum absolute atomic E-state index is 5.82. The first-order valence-corrected chi connectivity index (χ1v) is 9.73. The largest absolute Gasteiger partial charge is 0.379 e. The second kappa shape index (κ2) is 7.45. The van der Waals surface area contributed by atoms with Crippen molar-refractivity contribution in [2.24, 2.45) is 0 Å². The van der Waals surface area contributed by atoms with E-state index >= 15 is 0 Å². The van der Waals surface area contributed by atoms with Crippen molar-refractivity contribution in [3.63, 3.8) is 0 Å². The van der Waals surface area contributed by atoms with Crippen molar-refractivity contribution < 1.29 is 9.47 Å². The maximum atomic E-state index is 5.82. The van der Waals surface area contributed by atoms with Crippen LogP contribution in [-0.2, 0) is 22.7 Å². The molecule has 0 N–H and O–H groups in total. The van der Waals surface area contributed by atoms with Gasteiger partial charge >= 0.3 is 0 Å². The van der Waals surface area contributed by atoms with E-state index in [0.717, 1.165) is 74.4 Å². The maximum Gasteiger partial charge on any atom is 0.199 e. The fourth-order valence-electron chi connectivity index (χ4n) is 3.21. The summed E-state index contributed by atoms with van der Waals surface area (Å²) in [6, 6.07) is 4.16. The highest BCUT2D eigenvalue weighted by molar-refractivity contribution is 7.71. The van der Waals surface area contributed by atoms with Crippen LogP contribution < -0.4 is 0 Å². The van der Waals surface area contributed by atoms with Crippen LogP contribution in [0.5, 0.6) is 0 Å². The van der Waals surface area contributed by atoms with Gasteiger partial charge < -0.3 is 9.47 Å². The standard InChI is InChI=1S/C16H22N4O2S2/c23-16-19(11-13-3-1-7-22-13)15(14-4-2-10-24-14)17-20(16)12-18-5-8-21-9-6-18/h2,4,10,13H,1,3,5-9,11-12H2. The van der Waals surface area contributed by atoms with Crippen molar-refractivity contribution >= 4 is 23.6 Å². The smallest absolute Gasteiger partial charge is 0.199 e. The zero-order valence-electron chi connectivity index (χ0n) is 13.6. The van der Waals surface area contributed by atoms with Gasteiger partial charge in [0.1, 0.15) is 0 Å². The number of ether oxygens (including phenoxy) is 2. The molecule has 0 amide bonds. The summed E-state index contributed by atoms with van der Waals surface area (Å²) in [7, 11) is 0. The van der Waals surface area contributed by atoms with E-state index < -0.39 is 0 Å². The zero-order chi connectivity index (χ0) is 16.4. The second-order valence-electron chi connectivity index (χ2n) is 6.20. The van der Waals surface area contributed by atoms with E-state index in [2.05, 4.69) is 27.0 Å². The van der Waals surface area contributed by atoms with Crippen LogP contribution in [0.1, 0.15) is 12.8 Å². The lowest BCUT2D eigenvalue weighted by Crippen LogP contribution is -2.37. The molecular formula is C16H22N4O2S2. The zero-order valence-corrected chi connectivity index (χ0v) is 15.2. The Hall–Kier alpha value is -1.06. The number of thiophene rings is 1. The van der Waals surface area contributed by atoms with Crippen molar-refractivity contribution in [1.29, 1.82) is 0 Å². The van der Waals surface area contributed by atoms with Crippen molar-refractivity contribution in [2.45, 2.75) is 32.2 Å². The SMILES string of the molecule is S=c1n(CN2CCOCC2)nc(-c2cccs2)n1CC1CCCO1. The number of morpholine rings is 1. The topological polar surface area (TPSA) is 44.5 Å². The molecule has 0 bridgehead atoms. The Morgan fingerprint density at radius 3 is 2.88 bits per heavy atom. The fraction of sp³-hybridized carbons (Fsp3) is 0.625. The van der Waals surface area contributed by atoms with Crippen LogP contribution >= 0.6 is 23.6 Å². The molecule has 0 saturated carbocycles. The van der Waals surface area contributed by atoms with Crippen LogP contribution in [0.3, 0.4) is 0 Å². The van der Waals surface area contributed by atoms with E-state index in [4.69, 9.17) is 26.8 Å². The molecule has 0 radical (unpaired) electrons. The molecule has 2 aliphatic rings. The van der Waals surface area contributed by atoms with Crippen molar-refractivity contribution in [3.05, 3.63) is 22.3 Å².